The number of hydrogen-bond donors (Lipinski definition) is 2. The molecular formula is C12H19NS. The van der Waals surface area contributed by atoms with Gasteiger partial charge in [-0.05, 0) is 30.5 Å². The van der Waals surface area contributed by atoms with E-state index < -0.39 is 0 Å². The van der Waals surface area contributed by atoms with Crippen molar-refractivity contribution in [3.8, 4) is 0 Å². The molecule has 2 heteroatoms. The highest BCUT2D eigenvalue weighted by Crippen LogP contribution is 2.17. The largest absolute Gasteiger partial charge is 0.305 e. The molecule has 0 bridgehead atoms. The molecule has 1 atom stereocenters. The van der Waals surface area contributed by atoms with Crippen LogP contribution in [0.2, 0.25) is 0 Å². The molecule has 0 spiro atoms. The quantitative estimate of drug-likeness (QED) is 0.574. The molecule has 0 aliphatic heterocycles. The van der Waals surface area contributed by atoms with E-state index >= 15 is 0 Å². The second kappa shape index (κ2) is 5.42. The minimum atomic E-state index is 0.142. The van der Waals surface area contributed by atoms with Crippen molar-refractivity contribution >= 4 is 12.6 Å². The lowest BCUT2D eigenvalue weighted by Crippen LogP contribution is -2.09. The van der Waals surface area contributed by atoms with Crippen LogP contribution in [-0.2, 0) is 6.42 Å². The van der Waals surface area contributed by atoms with Crippen molar-refractivity contribution in [1.82, 2.24) is 5.32 Å². The second-order valence-electron chi connectivity index (χ2n) is 4.03. The maximum absolute atomic E-state index is 4.41. The zero-order valence-electron chi connectivity index (χ0n) is 9.12. The molecule has 0 saturated heterocycles. The molecule has 0 saturated carbocycles. The van der Waals surface area contributed by atoms with Gasteiger partial charge >= 0.3 is 0 Å². The predicted molar refractivity (Wildman–Crippen MR) is 65.8 cm³/mol. The molecule has 0 aromatic heterocycles. The molecule has 1 N–H and O–H groups in total. The van der Waals surface area contributed by atoms with Crippen LogP contribution in [0.1, 0.15) is 30.3 Å². The molecule has 0 aliphatic carbocycles. The number of rotatable bonds is 4. The Morgan fingerprint density at radius 3 is 2.21 bits per heavy atom. The smallest absolute Gasteiger partial charge is 0.0757 e. The highest BCUT2D eigenvalue weighted by Gasteiger charge is 2.03. The van der Waals surface area contributed by atoms with Crippen LogP contribution in [-0.4, -0.2) is 7.05 Å². The third kappa shape index (κ3) is 3.35. The Balaban J connectivity index is 2.68. The van der Waals surface area contributed by atoms with E-state index in [4.69, 9.17) is 0 Å². The molecule has 0 fully saturated rings. The molecule has 0 amide bonds. The Morgan fingerprint density at radius 1 is 1.21 bits per heavy atom. The lowest BCUT2D eigenvalue weighted by Gasteiger charge is -2.11. The summed E-state index contributed by atoms with van der Waals surface area (Å²) >= 11 is 4.41. The van der Waals surface area contributed by atoms with E-state index in [1.165, 1.54) is 11.1 Å². The van der Waals surface area contributed by atoms with Gasteiger partial charge in [0.2, 0.25) is 0 Å². The minimum Gasteiger partial charge on any atom is -0.305 e. The highest BCUT2D eigenvalue weighted by atomic mass is 32.1. The molecule has 1 aromatic carbocycles. The van der Waals surface area contributed by atoms with E-state index in [9.17, 15) is 0 Å². The van der Waals surface area contributed by atoms with Gasteiger partial charge in [0.05, 0.1) is 5.37 Å². The van der Waals surface area contributed by atoms with Crippen LogP contribution in [0.3, 0.4) is 0 Å². The molecule has 1 rings (SSSR count). The monoisotopic (exact) mass is 209 g/mol. The van der Waals surface area contributed by atoms with E-state index in [0.717, 1.165) is 12.3 Å². The van der Waals surface area contributed by atoms with Gasteiger partial charge in [-0.1, -0.05) is 38.1 Å². The van der Waals surface area contributed by atoms with E-state index in [2.05, 4.69) is 56.1 Å². The van der Waals surface area contributed by atoms with Crippen molar-refractivity contribution in [2.24, 2.45) is 5.92 Å². The summed E-state index contributed by atoms with van der Waals surface area (Å²) in [6, 6.07) is 8.67. The van der Waals surface area contributed by atoms with E-state index in [-0.39, 0.29) is 5.37 Å². The normalized spacial score (nSPS) is 13.2. The Hall–Kier alpha value is -0.470. The summed E-state index contributed by atoms with van der Waals surface area (Å²) in [4.78, 5) is 0. The van der Waals surface area contributed by atoms with Gasteiger partial charge in [0.15, 0.2) is 0 Å². The predicted octanol–water partition coefficient (Wildman–Crippen LogP) is 3.03. The van der Waals surface area contributed by atoms with Gasteiger partial charge in [0.1, 0.15) is 0 Å². The van der Waals surface area contributed by atoms with Gasteiger partial charge in [-0.3, -0.25) is 0 Å². The van der Waals surface area contributed by atoms with Gasteiger partial charge in [0.25, 0.3) is 0 Å². The summed E-state index contributed by atoms with van der Waals surface area (Å²) in [5, 5.41) is 3.25. The van der Waals surface area contributed by atoms with Crippen LogP contribution in [0.25, 0.3) is 0 Å². The van der Waals surface area contributed by atoms with E-state index in [0.29, 0.717) is 0 Å². The fourth-order valence-electron chi connectivity index (χ4n) is 1.47. The first-order chi connectivity index (χ1) is 6.63. The average molecular weight is 209 g/mol. The third-order valence-electron chi connectivity index (χ3n) is 2.21. The zero-order chi connectivity index (χ0) is 10.6. The Kier molecular flexibility index (Phi) is 4.49. The number of thiol groups is 1. The van der Waals surface area contributed by atoms with Crippen LogP contribution in [0.5, 0.6) is 0 Å². The molecule has 0 radical (unpaired) electrons. The van der Waals surface area contributed by atoms with Crippen LogP contribution in [0.15, 0.2) is 24.3 Å². The second-order valence-corrected chi connectivity index (χ2v) is 4.55. The Bertz CT molecular complexity index is 266. The van der Waals surface area contributed by atoms with Crippen molar-refractivity contribution in [3.05, 3.63) is 35.4 Å². The molecule has 1 aromatic rings. The van der Waals surface area contributed by atoms with Gasteiger partial charge in [-0.15, -0.1) is 0 Å². The molecule has 1 unspecified atom stereocenters. The average Bonchev–Trinajstić information content (AvgIpc) is 2.17. The number of benzene rings is 1. The van der Waals surface area contributed by atoms with Crippen molar-refractivity contribution in [2.75, 3.05) is 7.05 Å². The maximum Gasteiger partial charge on any atom is 0.0757 e. The maximum atomic E-state index is 4.41. The highest BCUT2D eigenvalue weighted by molar-refractivity contribution is 7.80. The number of hydrogen-bond acceptors (Lipinski definition) is 2. The Labute approximate surface area is 92.3 Å². The standard InChI is InChI=1S/C12H19NS/c1-9(2)8-10-4-6-11(7-5-10)12(14)13-3/h4-7,9,12-14H,8H2,1-3H3. The summed E-state index contributed by atoms with van der Waals surface area (Å²) in [5.41, 5.74) is 2.63. The molecule has 78 valence electrons. The number of nitrogens with one attached hydrogen (secondary N) is 1. The molecular weight excluding hydrogens is 190 g/mol. The lowest BCUT2D eigenvalue weighted by molar-refractivity contribution is 0.647. The van der Waals surface area contributed by atoms with Gasteiger partial charge in [-0.25, -0.2) is 0 Å². The summed E-state index contributed by atoms with van der Waals surface area (Å²) in [6.45, 7) is 4.48. The third-order valence-corrected chi connectivity index (χ3v) is 2.77. The van der Waals surface area contributed by atoms with Crippen LogP contribution < -0.4 is 5.32 Å². The van der Waals surface area contributed by atoms with Crippen molar-refractivity contribution in [3.63, 3.8) is 0 Å². The first-order valence-corrected chi connectivity index (χ1v) is 5.59. The lowest BCUT2D eigenvalue weighted by atomic mass is 10.0. The van der Waals surface area contributed by atoms with Gasteiger partial charge in [-0.2, -0.15) is 12.6 Å². The summed E-state index contributed by atoms with van der Waals surface area (Å²) in [6.07, 6.45) is 1.15. The van der Waals surface area contributed by atoms with E-state index in [1.807, 2.05) is 7.05 Å². The first kappa shape index (κ1) is 11.6. The van der Waals surface area contributed by atoms with Crippen molar-refractivity contribution < 1.29 is 0 Å². The zero-order valence-corrected chi connectivity index (χ0v) is 10.0. The van der Waals surface area contributed by atoms with E-state index in [1.54, 1.807) is 0 Å². The fraction of sp³-hybridized carbons (Fsp3) is 0.500. The molecule has 0 aliphatic rings. The van der Waals surface area contributed by atoms with Crippen LogP contribution >= 0.6 is 12.6 Å². The molecule has 0 heterocycles. The summed E-state index contributed by atoms with van der Waals surface area (Å²) in [5.74, 6) is 0.719. The van der Waals surface area contributed by atoms with Crippen molar-refractivity contribution in [2.45, 2.75) is 25.6 Å². The minimum absolute atomic E-state index is 0.142. The molecule has 14 heavy (non-hydrogen) atoms. The van der Waals surface area contributed by atoms with Crippen LogP contribution in [0.4, 0.5) is 0 Å². The van der Waals surface area contributed by atoms with Gasteiger partial charge in [0, 0.05) is 0 Å². The summed E-state index contributed by atoms with van der Waals surface area (Å²) < 4.78 is 0. The van der Waals surface area contributed by atoms with Crippen LogP contribution in [0, 0.1) is 5.92 Å². The fourth-order valence-corrected chi connectivity index (χ4v) is 1.65. The Morgan fingerprint density at radius 2 is 1.79 bits per heavy atom. The van der Waals surface area contributed by atoms with Crippen molar-refractivity contribution in [1.29, 1.82) is 0 Å². The summed E-state index contributed by atoms with van der Waals surface area (Å²) in [7, 11) is 1.92. The van der Waals surface area contributed by atoms with Gasteiger partial charge < -0.3 is 5.32 Å². The first-order valence-electron chi connectivity index (χ1n) is 5.07. The topological polar surface area (TPSA) is 12.0 Å². The SMILES string of the molecule is CNC(S)c1ccc(CC(C)C)cc1. The molecule has 1 nitrogen and oxygen atoms in total.